The minimum Gasteiger partial charge on any atom is -0.372 e. The Labute approximate surface area is 105 Å². The van der Waals surface area contributed by atoms with Gasteiger partial charge in [-0.15, -0.1) is 0 Å². The molecular weight excluding hydrogens is 208 g/mol. The van der Waals surface area contributed by atoms with Crippen LogP contribution in [0.2, 0.25) is 0 Å². The molecule has 2 heteroatoms. The number of hydrogen-bond acceptors (Lipinski definition) is 2. The van der Waals surface area contributed by atoms with Crippen LogP contribution in [-0.4, -0.2) is 13.1 Å². The molecule has 0 fully saturated rings. The molecule has 1 aromatic rings. The summed E-state index contributed by atoms with van der Waals surface area (Å²) in [5, 5.41) is 0. The van der Waals surface area contributed by atoms with Crippen molar-refractivity contribution < 1.29 is 0 Å². The number of benzene rings is 1. The molecular formula is C15H24N2. The fraction of sp³-hybridized carbons (Fsp3) is 0.600. The first-order chi connectivity index (χ1) is 8.13. The van der Waals surface area contributed by atoms with E-state index in [0.717, 1.165) is 6.54 Å². The van der Waals surface area contributed by atoms with Gasteiger partial charge in [-0.1, -0.05) is 26.0 Å². The normalized spacial score (nSPS) is 17.1. The van der Waals surface area contributed by atoms with Crippen molar-refractivity contribution in [1.29, 1.82) is 0 Å². The van der Waals surface area contributed by atoms with Crippen molar-refractivity contribution in [3.63, 3.8) is 0 Å². The van der Waals surface area contributed by atoms with Gasteiger partial charge in [-0.05, 0) is 42.9 Å². The predicted octanol–water partition coefficient (Wildman–Crippen LogP) is 3.11. The lowest BCUT2D eigenvalue weighted by Crippen LogP contribution is -2.29. The summed E-state index contributed by atoms with van der Waals surface area (Å²) in [6.45, 7) is 8.88. The Morgan fingerprint density at radius 1 is 1.35 bits per heavy atom. The lowest BCUT2D eigenvalue weighted by Gasteiger charge is -2.31. The summed E-state index contributed by atoms with van der Waals surface area (Å²) in [7, 11) is 0. The van der Waals surface area contributed by atoms with Gasteiger partial charge in [0.15, 0.2) is 0 Å². The lowest BCUT2D eigenvalue weighted by molar-refractivity contribution is 0.513. The highest BCUT2D eigenvalue weighted by Gasteiger charge is 2.18. The zero-order valence-corrected chi connectivity index (χ0v) is 11.2. The van der Waals surface area contributed by atoms with Gasteiger partial charge in [0.25, 0.3) is 0 Å². The second-order valence-corrected chi connectivity index (χ2v) is 5.34. The third-order valence-corrected chi connectivity index (χ3v) is 3.80. The average Bonchev–Trinajstić information content (AvgIpc) is 2.36. The lowest BCUT2D eigenvalue weighted by atomic mass is 9.92. The fourth-order valence-electron chi connectivity index (χ4n) is 2.62. The summed E-state index contributed by atoms with van der Waals surface area (Å²) >= 11 is 0. The topological polar surface area (TPSA) is 29.3 Å². The fourth-order valence-corrected chi connectivity index (χ4v) is 2.62. The molecule has 0 bridgehead atoms. The molecule has 0 radical (unpaired) electrons. The number of nitrogens with zero attached hydrogens (tertiary/aromatic N) is 1. The van der Waals surface area contributed by atoms with Crippen LogP contribution in [0.25, 0.3) is 0 Å². The second-order valence-electron chi connectivity index (χ2n) is 5.34. The SMILES string of the molecule is CCN1CCCc2cc(C(N)C(C)C)ccc21. The summed E-state index contributed by atoms with van der Waals surface area (Å²) < 4.78 is 0. The maximum absolute atomic E-state index is 6.22. The molecule has 17 heavy (non-hydrogen) atoms. The highest BCUT2D eigenvalue weighted by Crippen LogP contribution is 2.30. The third-order valence-electron chi connectivity index (χ3n) is 3.80. The Morgan fingerprint density at radius 2 is 2.12 bits per heavy atom. The first-order valence-electron chi connectivity index (χ1n) is 6.76. The van der Waals surface area contributed by atoms with Crippen LogP contribution >= 0.6 is 0 Å². The molecule has 1 aliphatic rings. The van der Waals surface area contributed by atoms with E-state index in [9.17, 15) is 0 Å². The molecule has 0 saturated heterocycles. The Kier molecular flexibility index (Phi) is 3.72. The Bertz CT molecular complexity index is 385. The van der Waals surface area contributed by atoms with E-state index >= 15 is 0 Å². The average molecular weight is 232 g/mol. The number of nitrogens with two attached hydrogens (primary N) is 1. The first kappa shape index (κ1) is 12.4. The van der Waals surface area contributed by atoms with Crippen molar-refractivity contribution in [2.24, 2.45) is 11.7 Å². The molecule has 1 heterocycles. The van der Waals surface area contributed by atoms with Gasteiger partial charge in [0.05, 0.1) is 0 Å². The maximum Gasteiger partial charge on any atom is 0.0398 e. The summed E-state index contributed by atoms with van der Waals surface area (Å²) in [6, 6.07) is 6.95. The molecule has 0 aromatic heterocycles. The molecule has 1 aromatic carbocycles. The van der Waals surface area contributed by atoms with Crippen molar-refractivity contribution in [3.8, 4) is 0 Å². The van der Waals surface area contributed by atoms with E-state index in [4.69, 9.17) is 5.73 Å². The Morgan fingerprint density at radius 3 is 2.76 bits per heavy atom. The monoisotopic (exact) mass is 232 g/mol. The van der Waals surface area contributed by atoms with Gasteiger partial charge in [-0.2, -0.15) is 0 Å². The van der Waals surface area contributed by atoms with Crippen LogP contribution in [0.1, 0.15) is 44.4 Å². The van der Waals surface area contributed by atoms with Crippen molar-refractivity contribution in [2.45, 2.75) is 39.7 Å². The molecule has 2 nitrogen and oxygen atoms in total. The van der Waals surface area contributed by atoms with Crippen molar-refractivity contribution >= 4 is 5.69 Å². The van der Waals surface area contributed by atoms with E-state index in [1.54, 1.807) is 0 Å². The second kappa shape index (κ2) is 5.09. The number of aryl methyl sites for hydroxylation is 1. The Balaban J connectivity index is 2.31. The largest absolute Gasteiger partial charge is 0.372 e. The minimum absolute atomic E-state index is 0.164. The van der Waals surface area contributed by atoms with E-state index in [1.165, 1.54) is 36.2 Å². The van der Waals surface area contributed by atoms with Gasteiger partial charge in [-0.3, -0.25) is 0 Å². The standard InChI is InChI=1S/C15H24N2/c1-4-17-9-5-6-12-10-13(7-8-14(12)17)15(16)11(2)3/h7-8,10-11,15H,4-6,9,16H2,1-3H3. The molecule has 0 aliphatic carbocycles. The third kappa shape index (κ3) is 2.47. The minimum atomic E-state index is 0.164. The number of anilines is 1. The molecule has 2 N–H and O–H groups in total. The van der Waals surface area contributed by atoms with Crippen LogP contribution in [0.3, 0.4) is 0 Å². The summed E-state index contributed by atoms with van der Waals surface area (Å²) in [5.41, 5.74) is 10.4. The van der Waals surface area contributed by atoms with E-state index in [-0.39, 0.29) is 6.04 Å². The summed E-state index contributed by atoms with van der Waals surface area (Å²) in [5.74, 6) is 0.499. The van der Waals surface area contributed by atoms with Gasteiger partial charge in [0.1, 0.15) is 0 Å². The van der Waals surface area contributed by atoms with Gasteiger partial charge in [-0.25, -0.2) is 0 Å². The van der Waals surface area contributed by atoms with Gasteiger partial charge < -0.3 is 10.6 Å². The zero-order chi connectivity index (χ0) is 12.4. The molecule has 94 valence electrons. The predicted molar refractivity (Wildman–Crippen MR) is 74.4 cm³/mol. The highest BCUT2D eigenvalue weighted by atomic mass is 15.1. The van der Waals surface area contributed by atoms with E-state index in [1.807, 2.05) is 0 Å². The molecule has 1 unspecified atom stereocenters. The smallest absolute Gasteiger partial charge is 0.0398 e. The van der Waals surface area contributed by atoms with Gasteiger partial charge >= 0.3 is 0 Å². The van der Waals surface area contributed by atoms with Crippen LogP contribution in [0.4, 0.5) is 5.69 Å². The van der Waals surface area contributed by atoms with Gasteiger partial charge in [0.2, 0.25) is 0 Å². The quantitative estimate of drug-likeness (QED) is 0.867. The van der Waals surface area contributed by atoms with E-state index < -0.39 is 0 Å². The molecule has 2 rings (SSSR count). The molecule has 0 saturated carbocycles. The molecule has 1 atom stereocenters. The van der Waals surface area contributed by atoms with Crippen molar-refractivity contribution in [2.75, 3.05) is 18.0 Å². The number of rotatable bonds is 3. The van der Waals surface area contributed by atoms with Crippen LogP contribution < -0.4 is 10.6 Å². The molecule has 0 amide bonds. The molecule has 0 spiro atoms. The van der Waals surface area contributed by atoms with Crippen molar-refractivity contribution in [3.05, 3.63) is 29.3 Å². The summed E-state index contributed by atoms with van der Waals surface area (Å²) in [4.78, 5) is 2.46. The number of fused-ring (bicyclic) bond motifs is 1. The van der Waals surface area contributed by atoms with Crippen LogP contribution in [0.15, 0.2) is 18.2 Å². The van der Waals surface area contributed by atoms with Crippen LogP contribution in [-0.2, 0) is 6.42 Å². The van der Waals surface area contributed by atoms with Crippen molar-refractivity contribution in [1.82, 2.24) is 0 Å². The Hall–Kier alpha value is -1.02. The maximum atomic E-state index is 6.22. The summed E-state index contributed by atoms with van der Waals surface area (Å²) in [6.07, 6.45) is 2.46. The number of hydrogen-bond donors (Lipinski definition) is 1. The van der Waals surface area contributed by atoms with E-state index in [2.05, 4.69) is 43.9 Å². The van der Waals surface area contributed by atoms with Crippen LogP contribution in [0.5, 0.6) is 0 Å². The highest BCUT2D eigenvalue weighted by molar-refractivity contribution is 5.57. The van der Waals surface area contributed by atoms with Crippen LogP contribution in [0, 0.1) is 5.92 Å². The van der Waals surface area contributed by atoms with E-state index in [0.29, 0.717) is 5.92 Å². The molecule has 1 aliphatic heterocycles. The van der Waals surface area contributed by atoms with Gasteiger partial charge in [0, 0.05) is 24.8 Å². The zero-order valence-electron chi connectivity index (χ0n) is 11.2. The first-order valence-corrected chi connectivity index (χ1v) is 6.76.